The van der Waals surface area contributed by atoms with Gasteiger partial charge in [0.1, 0.15) is 11.3 Å². The first-order valence-electron chi connectivity index (χ1n) is 5.08. The van der Waals surface area contributed by atoms with Gasteiger partial charge in [-0.2, -0.15) is 0 Å². The fraction of sp³-hybridized carbons (Fsp3) is 0.250. The Balaban J connectivity index is 2.75. The Bertz CT molecular complexity index is 558. The molecule has 90 valence electrons. The number of nitrogens with two attached hydrogens (primary N) is 1. The smallest absolute Gasteiger partial charge is 0.145 e. The van der Waals surface area contributed by atoms with E-state index in [9.17, 15) is 0 Å². The van der Waals surface area contributed by atoms with Crippen LogP contribution in [0, 0.1) is 0 Å². The van der Waals surface area contributed by atoms with Crippen molar-refractivity contribution in [2.24, 2.45) is 0 Å². The monoisotopic (exact) mass is 296 g/mol. The number of nitrogens with zero attached hydrogens (tertiary/aromatic N) is 1. The summed E-state index contributed by atoms with van der Waals surface area (Å²) in [5.41, 5.74) is 8.22. The average molecular weight is 297 g/mol. The van der Waals surface area contributed by atoms with Crippen molar-refractivity contribution in [3.8, 4) is 5.75 Å². The largest absolute Gasteiger partial charge is 0.494 e. The lowest BCUT2D eigenvalue weighted by atomic mass is 10.1. The zero-order valence-electron chi connectivity index (χ0n) is 9.66. The molecule has 0 atom stereocenters. The van der Waals surface area contributed by atoms with E-state index in [1.807, 2.05) is 18.2 Å². The molecule has 1 aromatic carbocycles. The van der Waals surface area contributed by atoms with Crippen LogP contribution in [0.4, 0.5) is 5.69 Å². The molecule has 0 spiro atoms. The second-order valence-electron chi connectivity index (χ2n) is 3.61. The lowest BCUT2D eigenvalue weighted by Crippen LogP contribution is -1.99. The molecule has 0 radical (unpaired) electrons. The van der Waals surface area contributed by atoms with Gasteiger partial charge in [-0.05, 0) is 18.2 Å². The molecule has 0 fully saturated rings. The number of fused-ring (bicyclic) bond motifs is 1. The van der Waals surface area contributed by atoms with Crippen molar-refractivity contribution in [3.63, 3.8) is 0 Å². The van der Waals surface area contributed by atoms with Gasteiger partial charge in [0.05, 0.1) is 19.4 Å². The highest BCUT2D eigenvalue weighted by atomic mass is 79.9. The Morgan fingerprint density at radius 1 is 1.35 bits per heavy atom. The van der Waals surface area contributed by atoms with Crippen molar-refractivity contribution < 1.29 is 9.47 Å². The first-order chi connectivity index (χ1) is 8.17. The van der Waals surface area contributed by atoms with Crippen molar-refractivity contribution in [2.45, 2.75) is 6.61 Å². The van der Waals surface area contributed by atoms with Crippen molar-refractivity contribution >= 4 is 32.5 Å². The first kappa shape index (κ1) is 12.1. The second kappa shape index (κ2) is 4.89. The van der Waals surface area contributed by atoms with Crippen LogP contribution in [0.3, 0.4) is 0 Å². The first-order valence-corrected chi connectivity index (χ1v) is 5.87. The van der Waals surface area contributed by atoms with Crippen molar-refractivity contribution in [1.29, 1.82) is 0 Å². The molecule has 2 rings (SSSR count). The van der Waals surface area contributed by atoms with E-state index < -0.39 is 0 Å². The summed E-state index contributed by atoms with van der Waals surface area (Å²) in [7, 11) is 3.24. The zero-order chi connectivity index (χ0) is 12.4. The summed E-state index contributed by atoms with van der Waals surface area (Å²) in [6.45, 7) is 0.426. The molecule has 0 bridgehead atoms. The van der Waals surface area contributed by atoms with Gasteiger partial charge in [0.15, 0.2) is 0 Å². The molecule has 4 nitrogen and oxygen atoms in total. The van der Waals surface area contributed by atoms with Gasteiger partial charge in [-0.1, -0.05) is 15.9 Å². The summed E-state index contributed by atoms with van der Waals surface area (Å²) in [6.07, 6.45) is 0. The number of halogens is 1. The Labute approximate surface area is 108 Å². The van der Waals surface area contributed by atoms with Crippen LogP contribution in [-0.4, -0.2) is 19.2 Å². The van der Waals surface area contributed by atoms with Crippen LogP contribution >= 0.6 is 15.9 Å². The van der Waals surface area contributed by atoms with E-state index in [1.165, 1.54) is 0 Å². The van der Waals surface area contributed by atoms with Gasteiger partial charge in [0.25, 0.3) is 0 Å². The molecule has 1 aromatic heterocycles. The lowest BCUT2D eigenvalue weighted by molar-refractivity contribution is 0.182. The maximum atomic E-state index is 6.03. The number of pyridine rings is 1. The van der Waals surface area contributed by atoms with Gasteiger partial charge in [-0.3, -0.25) is 0 Å². The highest BCUT2D eigenvalue weighted by Crippen LogP contribution is 2.34. The van der Waals surface area contributed by atoms with Crippen molar-refractivity contribution in [2.75, 3.05) is 20.0 Å². The zero-order valence-corrected chi connectivity index (χ0v) is 11.2. The number of hydrogen-bond donors (Lipinski definition) is 1. The molecule has 0 aliphatic carbocycles. The predicted molar refractivity (Wildman–Crippen MR) is 71.1 cm³/mol. The average Bonchev–Trinajstić information content (AvgIpc) is 2.29. The Morgan fingerprint density at radius 3 is 2.76 bits per heavy atom. The molecule has 0 saturated heterocycles. The Morgan fingerprint density at radius 2 is 2.12 bits per heavy atom. The van der Waals surface area contributed by atoms with Crippen LogP contribution in [0.5, 0.6) is 5.75 Å². The summed E-state index contributed by atoms with van der Waals surface area (Å²) in [5, 5.41) is 0.865. The van der Waals surface area contributed by atoms with Gasteiger partial charge in [0, 0.05) is 22.7 Å². The minimum absolute atomic E-state index is 0.426. The summed E-state index contributed by atoms with van der Waals surface area (Å²) in [6, 6.07) is 5.57. The molecule has 0 aliphatic heterocycles. The van der Waals surface area contributed by atoms with Crippen LogP contribution < -0.4 is 10.5 Å². The highest BCUT2D eigenvalue weighted by molar-refractivity contribution is 9.10. The van der Waals surface area contributed by atoms with Crippen LogP contribution in [-0.2, 0) is 11.3 Å². The third-order valence-corrected chi connectivity index (χ3v) is 3.13. The third kappa shape index (κ3) is 2.21. The number of anilines is 1. The summed E-state index contributed by atoms with van der Waals surface area (Å²) in [5.74, 6) is 0.702. The maximum Gasteiger partial charge on any atom is 0.145 e. The second-order valence-corrected chi connectivity index (χ2v) is 4.46. The normalized spacial score (nSPS) is 10.8. The topological polar surface area (TPSA) is 57.4 Å². The van der Waals surface area contributed by atoms with E-state index in [4.69, 9.17) is 15.2 Å². The minimum atomic E-state index is 0.426. The number of benzene rings is 1. The number of nitrogen functional groups attached to an aromatic ring is 1. The Kier molecular flexibility index (Phi) is 3.49. The molecular formula is C12H13BrN2O2. The molecule has 2 aromatic rings. The van der Waals surface area contributed by atoms with Gasteiger partial charge < -0.3 is 15.2 Å². The number of hydrogen-bond acceptors (Lipinski definition) is 4. The highest BCUT2D eigenvalue weighted by Gasteiger charge is 2.11. The van der Waals surface area contributed by atoms with Gasteiger partial charge in [-0.15, -0.1) is 0 Å². The van der Waals surface area contributed by atoms with E-state index >= 15 is 0 Å². The quantitative estimate of drug-likeness (QED) is 0.946. The molecule has 2 N–H and O–H groups in total. The number of ether oxygens (including phenoxy) is 2. The number of aromatic nitrogens is 1. The maximum absolute atomic E-state index is 6.03. The SMILES string of the molecule is COCc1cc(N)c2c(Br)ccc(OC)c2n1. The lowest BCUT2D eigenvalue weighted by Gasteiger charge is -2.10. The standard InChI is InChI=1S/C12H13BrN2O2/c1-16-6-7-5-9(14)11-8(13)3-4-10(17-2)12(11)15-7/h3-5H,6H2,1-2H3,(H2,14,15). The summed E-state index contributed by atoms with van der Waals surface area (Å²) < 4.78 is 11.3. The van der Waals surface area contributed by atoms with Gasteiger partial charge in [0.2, 0.25) is 0 Å². The molecule has 0 saturated carbocycles. The summed E-state index contributed by atoms with van der Waals surface area (Å²) in [4.78, 5) is 4.50. The molecule has 5 heteroatoms. The van der Waals surface area contributed by atoms with Crippen molar-refractivity contribution in [1.82, 2.24) is 4.98 Å². The molecule has 1 heterocycles. The van der Waals surface area contributed by atoms with Crippen LogP contribution in [0.25, 0.3) is 10.9 Å². The summed E-state index contributed by atoms with van der Waals surface area (Å²) >= 11 is 3.47. The fourth-order valence-electron chi connectivity index (χ4n) is 1.75. The van der Waals surface area contributed by atoms with E-state index in [1.54, 1.807) is 14.2 Å². The van der Waals surface area contributed by atoms with Crippen LogP contribution in [0.1, 0.15) is 5.69 Å². The van der Waals surface area contributed by atoms with E-state index in [2.05, 4.69) is 20.9 Å². The van der Waals surface area contributed by atoms with Crippen LogP contribution in [0.15, 0.2) is 22.7 Å². The number of methoxy groups -OCH3 is 2. The molecule has 17 heavy (non-hydrogen) atoms. The third-order valence-electron chi connectivity index (χ3n) is 2.47. The molecule has 0 aliphatic rings. The predicted octanol–water partition coefficient (Wildman–Crippen LogP) is 2.73. The fourth-order valence-corrected chi connectivity index (χ4v) is 2.30. The van der Waals surface area contributed by atoms with E-state index in [0.29, 0.717) is 18.0 Å². The van der Waals surface area contributed by atoms with Crippen molar-refractivity contribution in [3.05, 3.63) is 28.4 Å². The number of rotatable bonds is 3. The molecule has 0 unspecified atom stereocenters. The molecule has 0 amide bonds. The minimum Gasteiger partial charge on any atom is -0.494 e. The molecular weight excluding hydrogens is 284 g/mol. The van der Waals surface area contributed by atoms with Gasteiger partial charge in [-0.25, -0.2) is 4.98 Å². The Hall–Kier alpha value is -1.33. The van der Waals surface area contributed by atoms with E-state index in [-0.39, 0.29) is 0 Å². The van der Waals surface area contributed by atoms with Crippen LogP contribution in [0.2, 0.25) is 0 Å². The van der Waals surface area contributed by atoms with E-state index in [0.717, 1.165) is 21.1 Å². The van der Waals surface area contributed by atoms with Gasteiger partial charge >= 0.3 is 0 Å².